The predicted molar refractivity (Wildman–Crippen MR) is 107 cm³/mol. The van der Waals surface area contributed by atoms with Crippen LogP contribution in [0.5, 0.6) is 0 Å². The van der Waals surface area contributed by atoms with Gasteiger partial charge < -0.3 is 9.80 Å². The molecule has 1 aliphatic rings. The summed E-state index contributed by atoms with van der Waals surface area (Å²) >= 11 is 0. The Bertz CT molecular complexity index is 795. The second-order valence-corrected chi connectivity index (χ2v) is 7.87. The number of hydrogen-bond acceptors (Lipinski definition) is 4. The third-order valence-corrected chi connectivity index (χ3v) is 5.13. The number of carbonyl (C=O) groups is 2. The molecule has 2 aromatic rings. The van der Waals surface area contributed by atoms with Gasteiger partial charge in [0.1, 0.15) is 0 Å². The van der Waals surface area contributed by atoms with Gasteiger partial charge in [0.25, 0.3) is 0 Å². The quantitative estimate of drug-likeness (QED) is 0.772. The zero-order valence-corrected chi connectivity index (χ0v) is 16.8. The summed E-state index contributed by atoms with van der Waals surface area (Å²) < 4.78 is 0. The number of rotatable bonds is 6. The number of aromatic nitrogens is 2. The van der Waals surface area contributed by atoms with Gasteiger partial charge in [-0.3, -0.25) is 19.6 Å². The van der Waals surface area contributed by atoms with Crippen LogP contribution in [0.15, 0.2) is 49.1 Å². The first kappa shape index (κ1) is 20.0. The monoisotopic (exact) mass is 380 g/mol. The zero-order valence-electron chi connectivity index (χ0n) is 16.8. The molecule has 3 heterocycles. The molecule has 0 N–H and O–H groups in total. The topological polar surface area (TPSA) is 66.4 Å². The maximum absolute atomic E-state index is 13.4. The number of likely N-dealkylation sites (tertiary alicyclic amines) is 1. The summed E-state index contributed by atoms with van der Waals surface area (Å²) in [4.78, 5) is 38.1. The van der Waals surface area contributed by atoms with Crippen molar-refractivity contribution in [1.82, 2.24) is 19.8 Å². The van der Waals surface area contributed by atoms with Crippen LogP contribution in [0.3, 0.4) is 0 Å². The Balaban J connectivity index is 1.88. The predicted octanol–water partition coefficient (Wildman–Crippen LogP) is 3.07. The van der Waals surface area contributed by atoms with E-state index in [0.717, 1.165) is 11.1 Å². The molecule has 0 radical (unpaired) electrons. The van der Waals surface area contributed by atoms with Gasteiger partial charge in [-0.2, -0.15) is 0 Å². The minimum absolute atomic E-state index is 0.0546. The van der Waals surface area contributed by atoms with Crippen LogP contribution in [-0.2, 0) is 16.1 Å². The molecule has 28 heavy (non-hydrogen) atoms. The zero-order chi connectivity index (χ0) is 20.1. The molecule has 148 valence electrons. The van der Waals surface area contributed by atoms with Crippen LogP contribution >= 0.6 is 0 Å². The molecule has 1 fully saturated rings. The van der Waals surface area contributed by atoms with Crippen LogP contribution in [0.1, 0.15) is 43.9 Å². The molecule has 1 aliphatic heterocycles. The summed E-state index contributed by atoms with van der Waals surface area (Å²) in [6, 6.07) is 7.38. The summed E-state index contributed by atoms with van der Waals surface area (Å²) in [5.74, 6) is 0.216. The summed E-state index contributed by atoms with van der Waals surface area (Å²) in [5, 5.41) is 0. The van der Waals surface area contributed by atoms with Gasteiger partial charge >= 0.3 is 0 Å². The normalized spacial score (nSPS) is 19.7. The largest absolute Gasteiger partial charge is 0.341 e. The highest BCUT2D eigenvalue weighted by Crippen LogP contribution is 2.38. The van der Waals surface area contributed by atoms with E-state index < -0.39 is 0 Å². The van der Waals surface area contributed by atoms with Crippen molar-refractivity contribution in [2.24, 2.45) is 11.8 Å². The average Bonchev–Trinajstić information content (AvgIpc) is 2.70. The first-order valence-corrected chi connectivity index (χ1v) is 9.80. The van der Waals surface area contributed by atoms with Gasteiger partial charge in [0.2, 0.25) is 11.8 Å². The van der Waals surface area contributed by atoms with E-state index in [1.54, 1.807) is 29.7 Å². The van der Waals surface area contributed by atoms with Crippen molar-refractivity contribution in [3.8, 4) is 0 Å². The van der Waals surface area contributed by atoms with Gasteiger partial charge in [-0.25, -0.2) is 0 Å². The lowest BCUT2D eigenvalue weighted by Crippen LogP contribution is -2.49. The molecule has 2 amide bonds. The van der Waals surface area contributed by atoms with Crippen LogP contribution < -0.4 is 0 Å². The van der Waals surface area contributed by atoms with Gasteiger partial charge in [-0.05, 0) is 35.6 Å². The molecule has 2 atom stereocenters. The number of amides is 2. The van der Waals surface area contributed by atoms with Crippen LogP contribution in [0.4, 0.5) is 0 Å². The lowest BCUT2D eigenvalue weighted by molar-refractivity contribution is -0.148. The van der Waals surface area contributed by atoms with Gasteiger partial charge in [-0.15, -0.1) is 0 Å². The molecule has 0 bridgehead atoms. The molecule has 0 aliphatic carbocycles. The van der Waals surface area contributed by atoms with E-state index in [4.69, 9.17) is 0 Å². The Morgan fingerprint density at radius 1 is 1.21 bits per heavy atom. The number of carbonyl (C=O) groups excluding carboxylic acids is 2. The highest BCUT2D eigenvalue weighted by atomic mass is 16.2. The lowest BCUT2D eigenvalue weighted by Gasteiger charge is -2.42. The fraction of sp³-hybridized carbons (Fsp3) is 0.455. The molecular weight excluding hydrogens is 352 g/mol. The maximum atomic E-state index is 13.4. The minimum atomic E-state index is -0.277. The fourth-order valence-corrected chi connectivity index (χ4v) is 3.91. The van der Waals surface area contributed by atoms with Crippen LogP contribution in [0.25, 0.3) is 0 Å². The lowest BCUT2D eigenvalue weighted by atomic mass is 9.83. The van der Waals surface area contributed by atoms with E-state index >= 15 is 0 Å². The van der Waals surface area contributed by atoms with Crippen LogP contribution in [-0.4, -0.2) is 45.2 Å². The van der Waals surface area contributed by atoms with Crippen molar-refractivity contribution in [1.29, 1.82) is 0 Å². The number of hydrogen-bond donors (Lipinski definition) is 0. The Kier molecular flexibility index (Phi) is 6.39. The molecule has 0 aromatic carbocycles. The minimum Gasteiger partial charge on any atom is -0.341 e. The van der Waals surface area contributed by atoms with E-state index in [9.17, 15) is 9.59 Å². The molecule has 3 rings (SSSR count). The average molecular weight is 380 g/mol. The van der Waals surface area contributed by atoms with Crippen LogP contribution in [0.2, 0.25) is 0 Å². The van der Waals surface area contributed by atoms with Crippen molar-refractivity contribution in [2.75, 3.05) is 13.6 Å². The number of piperidine rings is 1. The molecule has 2 aromatic heterocycles. The molecule has 0 saturated carbocycles. The van der Waals surface area contributed by atoms with Crippen molar-refractivity contribution >= 4 is 11.8 Å². The third kappa shape index (κ3) is 4.55. The van der Waals surface area contributed by atoms with E-state index in [0.29, 0.717) is 31.8 Å². The van der Waals surface area contributed by atoms with E-state index in [2.05, 4.69) is 23.8 Å². The second kappa shape index (κ2) is 8.95. The Morgan fingerprint density at radius 3 is 2.54 bits per heavy atom. The molecule has 1 saturated heterocycles. The van der Waals surface area contributed by atoms with Crippen LogP contribution in [0, 0.1) is 11.8 Å². The molecule has 2 unspecified atom stereocenters. The summed E-state index contributed by atoms with van der Waals surface area (Å²) in [7, 11) is 1.82. The second-order valence-electron chi connectivity index (χ2n) is 7.87. The standard InChI is InChI=1S/C22H28N4O2/c1-16(2)14-26-20(27)9-8-19(21(26)18-7-5-11-24-13-18)22(28)25(3)15-17-6-4-10-23-12-17/h4-7,10-13,16,19,21H,8-9,14-15H2,1-3H3. The summed E-state index contributed by atoms with van der Waals surface area (Å²) in [6.45, 7) is 5.32. The number of pyridine rings is 2. The maximum Gasteiger partial charge on any atom is 0.228 e. The van der Waals surface area contributed by atoms with Crippen molar-refractivity contribution in [3.05, 3.63) is 60.2 Å². The SMILES string of the molecule is CC(C)CN1C(=O)CCC(C(=O)N(C)Cc2cccnc2)C1c1cccnc1. The van der Waals surface area contributed by atoms with Gasteiger partial charge in [0, 0.05) is 51.3 Å². The summed E-state index contributed by atoms with van der Waals surface area (Å²) in [5.41, 5.74) is 1.91. The highest BCUT2D eigenvalue weighted by Gasteiger charge is 2.41. The van der Waals surface area contributed by atoms with E-state index in [-0.39, 0.29) is 23.8 Å². The van der Waals surface area contributed by atoms with E-state index in [1.165, 1.54) is 0 Å². The molecular formula is C22H28N4O2. The van der Waals surface area contributed by atoms with Gasteiger partial charge in [-0.1, -0.05) is 26.0 Å². The fourth-order valence-electron chi connectivity index (χ4n) is 3.91. The number of nitrogens with zero attached hydrogens (tertiary/aromatic N) is 4. The Morgan fingerprint density at radius 2 is 1.93 bits per heavy atom. The molecule has 6 heteroatoms. The third-order valence-electron chi connectivity index (χ3n) is 5.13. The van der Waals surface area contributed by atoms with Crippen molar-refractivity contribution in [2.45, 2.75) is 39.3 Å². The Labute approximate surface area is 166 Å². The van der Waals surface area contributed by atoms with Crippen molar-refractivity contribution < 1.29 is 9.59 Å². The van der Waals surface area contributed by atoms with Crippen molar-refractivity contribution in [3.63, 3.8) is 0 Å². The molecule has 0 spiro atoms. The molecule has 6 nitrogen and oxygen atoms in total. The van der Waals surface area contributed by atoms with Gasteiger partial charge in [0.15, 0.2) is 0 Å². The first-order valence-electron chi connectivity index (χ1n) is 9.80. The Hall–Kier alpha value is -2.76. The smallest absolute Gasteiger partial charge is 0.228 e. The van der Waals surface area contributed by atoms with Gasteiger partial charge in [0.05, 0.1) is 12.0 Å². The first-order chi connectivity index (χ1) is 13.5. The highest BCUT2D eigenvalue weighted by molar-refractivity contribution is 5.85. The summed E-state index contributed by atoms with van der Waals surface area (Å²) in [6.07, 6.45) is 7.95. The van der Waals surface area contributed by atoms with E-state index in [1.807, 2.05) is 36.2 Å².